The van der Waals surface area contributed by atoms with Gasteiger partial charge in [0.05, 0.1) is 12.2 Å². The third-order valence-corrected chi connectivity index (χ3v) is 6.30. The highest BCUT2D eigenvalue weighted by atomic mass is 79.9. The molecule has 3 aromatic carbocycles. The third-order valence-electron chi connectivity index (χ3n) is 5.61. The van der Waals surface area contributed by atoms with E-state index in [-0.39, 0.29) is 22.8 Å². The summed E-state index contributed by atoms with van der Waals surface area (Å²) >= 11 is 8.79. The van der Waals surface area contributed by atoms with Crippen molar-refractivity contribution in [3.63, 3.8) is 0 Å². The number of hydrogen-bond acceptors (Lipinski definition) is 4. The second-order valence-corrected chi connectivity index (χ2v) is 9.75. The number of aryl methyl sites for hydroxylation is 1. The molecular formula is C27H26BrN3O3S. The van der Waals surface area contributed by atoms with Crippen molar-refractivity contribution in [3.8, 4) is 5.75 Å². The SMILES string of the molecule is Cc1ccc(NC(=S)NC(=O)c2cc(Br)ccc2OCCc2ccccc2)cc1NC(=O)C1CC1. The monoisotopic (exact) mass is 551 g/mol. The summed E-state index contributed by atoms with van der Waals surface area (Å²) in [7, 11) is 0. The van der Waals surface area contributed by atoms with E-state index in [1.54, 1.807) is 12.1 Å². The summed E-state index contributed by atoms with van der Waals surface area (Å²) in [5, 5.41) is 8.85. The first kappa shape index (κ1) is 24.9. The molecule has 6 nitrogen and oxygen atoms in total. The zero-order chi connectivity index (χ0) is 24.8. The number of carbonyl (C=O) groups is 2. The first-order valence-electron chi connectivity index (χ1n) is 11.4. The van der Waals surface area contributed by atoms with E-state index in [9.17, 15) is 9.59 Å². The van der Waals surface area contributed by atoms with Crippen molar-refractivity contribution in [2.75, 3.05) is 17.2 Å². The van der Waals surface area contributed by atoms with E-state index in [4.69, 9.17) is 17.0 Å². The van der Waals surface area contributed by atoms with Gasteiger partial charge >= 0.3 is 0 Å². The van der Waals surface area contributed by atoms with Crippen LogP contribution < -0.4 is 20.7 Å². The van der Waals surface area contributed by atoms with E-state index in [0.29, 0.717) is 23.6 Å². The van der Waals surface area contributed by atoms with Crippen molar-refractivity contribution in [1.29, 1.82) is 0 Å². The summed E-state index contributed by atoms with van der Waals surface area (Å²) in [6.45, 7) is 2.37. The van der Waals surface area contributed by atoms with E-state index in [0.717, 1.165) is 40.5 Å². The van der Waals surface area contributed by atoms with E-state index in [2.05, 4.69) is 31.9 Å². The number of carbonyl (C=O) groups excluding carboxylic acids is 2. The highest BCUT2D eigenvalue weighted by Crippen LogP contribution is 2.31. The molecule has 3 N–H and O–H groups in total. The topological polar surface area (TPSA) is 79.5 Å². The molecule has 1 aliphatic rings. The Labute approximate surface area is 218 Å². The number of nitrogens with one attached hydrogen (secondary N) is 3. The van der Waals surface area contributed by atoms with E-state index < -0.39 is 0 Å². The fourth-order valence-corrected chi connectivity index (χ4v) is 4.05. The predicted molar refractivity (Wildman–Crippen MR) is 146 cm³/mol. The van der Waals surface area contributed by atoms with Crippen molar-refractivity contribution in [2.45, 2.75) is 26.2 Å². The number of anilines is 2. The minimum atomic E-state index is -0.382. The average molecular weight is 552 g/mol. The van der Waals surface area contributed by atoms with E-state index in [1.165, 1.54) is 0 Å². The lowest BCUT2D eigenvalue weighted by atomic mass is 10.1. The van der Waals surface area contributed by atoms with Gasteiger partial charge in [-0.25, -0.2) is 0 Å². The van der Waals surface area contributed by atoms with Gasteiger partial charge in [0, 0.05) is 28.2 Å². The Bertz CT molecular complexity index is 1250. The standard InChI is InChI=1S/C27H26BrN3O3S/c1-17-7-11-21(16-23(17)30-25(32)19-8-9-19)29-27(35)31-26(33)22-15-20(28)10-12-24(22)34-14-13-18-5-3-2-4-6-18/h2-7,10-12,15-16,19H,8-9,13-14H2,1H3,(H,30,32)(H2,29,31,33,35). The number of amides is 2. The maximum Gasteiger partial charge on any atom is 0.261 e. The molecule has 180 valence electrons. The Hall–Kier alpha value is -3.23. The lowest BCUT2D eigenvalue weighted by Crippen LogP contribution is -2.34. The Morgan fingerprint density at radius 2 is 1.80 bits per heavy atom. The number of rotatable bonds is 8. The van der Waals surface area contributed by atoms with Gasteiger partial charge in [0.15, 0.2) is 5.11 Å². The smallest absolute Gasteiger partial charge is 0.261 e. The molecule has 2 amide bonds. The summed E-state index contributed by atoms with van der Waals surface area (Å²) < 4.78 is 6.68. The van der Waals surface area contributed by atoms with Gasteiger partial charge in [-0.05, 0) is 73.4 Å². The van der Waals surface area contributed by atoms with E-state index >= 15 is 0 Å². The van der Waals surface area contributed by atoms with Gasteiger partial charge in [0.1, 0.15) is 5.75 Å². The first-order chi connectivity index (χ1) is 16.9. The zero-order valence-corrected chi connectivity index (χ0v) is 21.7. The summed E-state index contributed by atoms with van der Waals surface area (Å²) in [5.74, 6) is 0.244. The minimum Gasteiger partial charge on any atom is -0.492 e. The molecule has 1 fully saturated rings. The Morgan fingerprint density at radius 1 is 1.03 bits per heavy atom. The maximum atomic E-state index is 13.0. The van der Waals surface area contributed by atoms with Gasteiger partial charge in [-0.3, -0.25) is 14.9 Å². The van der Waals surface area contributed by atoms with Crippen LogP contribution in [0.4, 0.5) is 11.4 Å². The van der Waals surface area contributed by atoms with Crippen LogP contribution in [0.25, 0.3) is 0 Å². The first-order valence-corrected chi connectivity index (χ1v) is 12.6. The van der Waals surface area contributed by atoms with Crippen molar-refractivity contribution >= 4 is 56.4 Å². The molecule has 1 aliphatic carbocycles. The number of ether oxygens (including phenoxy) is 1. The molecule has 8 heteroatoms. The van der Waals surface area contributed by atoms with Crippen LogP contribution in [0.5, 0.6) is 5.75 Å². The predicted octanol–water partition coefficient (Wildman–Crippen LogP) is 5.85. The fraction of sp³-hybridized carbons (Fsp3) is 0.222. The Kier molecular flexibility index (Phi) is 8.15. The molecular weight excluding hydrogens is 526 g/mol. The van der Waals surface area contributed by atoms with Crippen LogP contribution in [-0.2, 0) is 11.2 Å². The highest BCUT2D eigenvalue weighted by Gasteiger charge is 2.29. The van der Waals surface area contributed by atoms with Crippen LogP contribution in [0.2, 0.25) is 0 Å². The number of benzene rings is 3. The molecule has 0 spiro atoms. The second kappa shape index (κ2) is 11.5. The quantitative estimate of drug-likeness (QED) is 0.306. The molecule has 0 saturated heterocycles. The molecule has 4 rings (SSSR count). The number of halogens is 1. The molecule has 1 saturated carbocycles. The molecule has 0 heterocycles. The van der Waals surface area contributed by atoms with Gasteiger partial charge in [0.2, 0.25) is 5.91 Å². The van der Waals surface area contributed by atoms with Crippen LogP contribution >= 0.6 is 28.1 Å². The van der Waals surface area contributed by atoms with Crippen LogP contribution in [0.1, 0.15) is 34.3 Å². The van der Waals surface area contributed by atoms with Crippen molar-refractivity contribution < 1.29 is 14.3 Å². The third kappa shape index (κ3) is 7.13. The lowest BCUT2D eigenvalue weighted by molar-refractivity contribution is -0.117. The van der Waals surface area contributed by atoms with Gasteiger partial charge in [-0.1, -0.05) is 52.3 Å². The average Bonchev–Trinajstić information content (AvgIpc) is 3.68. The van der Waals surface area contributed by atoms with Gasteiger partial charge < -0.3 is 15.4 Å². The van der Waals surface area contributed by atoms with Crippen LogP contribution in [0.3, 0.4) is 0 Å². The molecule has 35 heavy (non-hydrogen) atoms. The Balaban J connectivity index is 1.38. The number of thiocarbonyl (C=S) groups is 1. The molecule has 0 aliphatic heterocycles. The normalized spacial score (nSPS) is 12.5. The van der Waals surface area contributed by atoms with Gasteiger partial charge in [-0.15, -0.1) is 0 Å². The summed E-state index contributed by atoms with van der Waals surface area (Å²) in [5.41, 5.74) is 3.87. The highest BCUT2D eigenvalue weighted by molar-refractivity contribution is 9.10. The molecule has 0 radical (unpaired) electrons. The minimum absolute atomic E-state index is 0.0376. The van der Waals surface area contributed by atoms with Crippen molar-refractivity contribution in [1.82, 2.24) is 5.32 Å². The number of hydrogen-bond donors (Lipinski definition) is 3. The van der Waals surface area contributed by atoms with Crippen LogP contribution in [0, 0.1) is 12.8 Å². The Morgan fingerprint density at radius 3 is 2.54 bits per heavy atom. The maximum absolute atomic E-state index is 13.0. The summed E-state index contributed by atoms with van der Waals surface area (Å²) in [4.78, 5) is 25.2. The largest absolute Gasteiger partial charge is 0.492 e. The molecule has 3 aromatic rings. The molecule has 0 bridgehead atoms. The lowest BCUT2D eigenvalue weighted by Gasteiger charge is -2.15. The molecule has 0 atom stereocenters. The van der Waals surface area contributed by atoms with Gasteiger partial charge in [0.25, 0.3) is 5.91 Å². The van der Waals surface area contributed by atoms with Crippen molar-refractivity contribution in [3.05, 3.63) is 87.9 Å². The summed E-state index contributed by atoms with van der Waals surface area (Å²) in [6, 6.07) is 20.9. The van der Waals surface area contributed by atoms with Crippen LogP contribution in [0.15, 0.2) is 71.2 Å². The summed E-state index contributed by atoms with van der Waals surface area (Å²) in [6.07, 6.45) is 2.60. The van der Waals surface area contributed by atoms with Crippen molar-refractivity contribution in [2.24, 2.45) is 5.92 Å². The fourth-order valence-electron chi connectivity index (χ4n) is 3.48. The van der Waals surface area contributed by atoms with Crippen LogP contribution in [-0.4, -0.2) is 23.5 Å². The van der Waals surface area contributed by atoms with E-state index in [1.807, 2.05) is 61.5 Å². The zero-order valence-electron chi connectivity index (χ0n) is 19.3. The molecule has 0 aromatic heterocycles. The van der Waals surface area contributed by atoms with Gasteiger partial charge in [-0.2, -0.15) is 0 Å². The molecule has 0 unspecified atom stereocenters. The second-order valence-electron chi connectivity index (χ2n) is 8.43.